The summed E-state index contributed by atoms with van der Waals surface area (Å²) in [5.41, 5.74) is 0.728. The Morgan fingerprint density at radius 3 is 2.57 bits per heavy atom. The zero-order valence-electron chi connectivity index (χ0n) is 16.5. The largest absolute Gasteiger partial charge is 0.573 e. The predicted octanol–water partition coefficient (Wildman–Crippen LogP) is 3.69. The van der Waals surface area contributed by atoms with Gasteiger partial charge in [0.15, 0.2) is 18.1 Å². The minimum Gasteiger partial charge on any atom is -0.485 e. The van der Waals surface area contributed by atoms with Crippen LogP contribution in [0.4, 0.5) is 13.2 Å². The van der Waals surface area contributed by atoms with Crippen LogP contribution < -0.4 is 4.74 Å². The molecule has 9 heteroatoms. The maximum absolute atomic E-state index is 12.6. The van der Waals surface area contributed by atoms with E-state index in [4.69, 9.17) is 14.6 Å². The maximum atomic E-state index is 12.6. The molecule has 1 atom stereocenters. The Kier molecular flexibility index (Phi) is 8.35. The highest BCUT2D eigenvalue weighted by Crippen LogP contribution is 2.28. The van der Waals surface area contributed by atoms with Crippen LogP contribution in [0.3, 0.4) is 0 Å². The summed E-state index contributed by atoms with van der Waals surface area (Å²) < 4.78 is 52.9. The number of halogens is 3. The summed E-state index contributed by atoms with van der Waals surface area (Å²) in [6.07, 6.45) is -1.16. The highest BCUT2D eigenvalue weighted by Gasteiger charge is 2.35. The number of benzene rings is 1. The van der Waals surface area contributed by atoms with Gasteiger partial charge in [-0.3, -0.25) is 4.79 Å². The molecule has 0 saturated carbocycles. The van der Waals surface area contributed by atoms with Gasteiger partial charge in [-0.2, -0.15) is 0 Å². The Labute approximate surface area is 172 Å². The molecular formula is C21H24F3NO5. The SMILES string of the molecule is C=C/C=C(O[C@H]1CCN(C(=O)COc2ccc(CO)cc2)C1)\C(=C/C)OC(F)(F)F. The number of alkyl halides is 3. The first-order chi connectivity index (χ1) is 14.3. The predicted molar refractivity (Wildman–Crippen MR) is 103 cm³/mol. The van der Waals surface area contributed by atoms with Crippen molar-refractivity contribution in [2.45, 2.75) is 32.4 Å². The van der Waals surface area contributed by atoms with Crippen LogP contribution in [0.1, 0.15) is 18.9 Å². The normalized spacial score (nSPS) is 17.6. The van der Waals surface area contributed by atoms with E-state index in [1.165, 1.54) is 24.0 Å². The molecule has 1 aromatic rings. The van der Waals surface area contributed by atoms with Crippen molar-refractivity contribution in [3.8, 4) is 5.75 Å². The Bertz CT molecular complexity index is 787. The number of nitrogens with zero attached hydrogens (tertiary/aromatic N) is 1. The number of amides is 1. The molecule has 0 unspecified atom stereocenters. The molecule has 0 radical (unpaired) electrons. The van der Waals surface area contributed by atoms with Crippen LogP contribution in [0, 0.1) is 0 Å². The molecule has 2 rings (SSSR count). The average Bonchev–Trinajstić information content (AvgIpc) is 3.18. The fourth-order valence-electron chi connectivity index (χ4n) is 2.82. The molecule has 1 amide bonds. The molecule has 1 saturated heterocycles. The van der Waals surface area contributed by atoms with Gasteiger partial charge in [-0.1, -0.05) is 24.8 Å². The molecule has 164 valence electrons. The smallest absolute Gasteiger partial charge is 0.485 e. The lowest BCUT2D eigenvalue weighted by Crippen LogP contribution is -2.34. The summed E-state index contributed by atoms with van der Waals surface area (Å²) in [6.45, 7) is 5.22. The fraction of sp³-hybridized carbons (Fsp3) is 0.381. The van der Waals surface area contributed by atoms with Gasteiger partial charge in [0, 0.05) is 13.0 Å². The number of likely N-dealkylation sites (tertiary alicyclic amines) is 1. The minimum absolute atomic E-state index is 0.0837. The number of rotatable bonds is 9. The zero-order chi connectivity index (χ0) is 22.1. The molecule has 1 heterocycles. The molecule has 0 bridgehead atoms. The van der Waals surface area contributed by atoms with Crippen molar-refractivity contribution in [2.75, 3.05) is 19.7 Å². The van der Waals surface area contributed by atoms with E-state index in [1.54, 1.807) is 24.3 Å². The van der Waals surface area contributed by atoms with Crippen LogP contribution >= 0.6 is 0 Å². The molecule has 0 aliphatic carbocycles. The van der Waals surface area contributed by atoms with Gasteiger partial charge >= 0.3 is 6.36 Å². The minimum atomic E-state index is -4.85. The maximum Gasteiger partial charge on any atom is 0.573 e. The van der Waals surface area contributed by atoms with Gasteiger partial charge in [0.05, 0.1) is 13.2 Å². The summed E-state index contributed by atoms with van der Waals surface area (Å²) in [5.74, 6) is -0.351. The number of carbonyl (C=O) groups excluding carboxylic acids is 1. The van der Waals surface area contributed by atoms with Gasteiger partial charge in [-0.25, -0.2) is 0 Å². The molecule has 6 nitrogen and oxygen atoms in total. The van der Waals surface area contributed by atoms with Crippen molar-refractivity contribution < 1.29 is 37.3 Å². The first kappa shape index (κ1) is 23.3. The highest BCUT2D eigenvalue weighted by atomic mass is 19.4. The molecule has 0 aromatic heterocycles. The topological polar surface area (TPSA) is 68.2 Å². The standard InChI is InChI=1S/C21H24F3NO5/c1-3-5-19(18(4-2)30-21(22,23)24)29-17-10-11-25(12-17)20(27)14-28-16-8-6-15(13-26)7-9-16/h3-9,17,26H,1,10-14H2,2H3/b18-4+,19-5+/t17-/m0/s1. The van der Waals surface area contributed by atoms with E-state index < -0.39 is 18.2 Å². The Morgan fingerprint density at radius 1 is 1.30 bits per heavy atom. The van der Waals surface area contributed by atoms with Crippen LogP contribution in [0.5, 0.6) is 5.75 Å². The second-order valence-electron chi connectivity index (χ2n) is 6.43. The van der Waals surface area contributed by atoms with Crippen LogP contribution in [0.15, 0.2) is 60.6 Å². The van der Waals surface area contributed by atoms with E-state index in [2.05, 4.69) is 11.3 Å². The lowest BCUT2D eigenvalue weighted by molar-refractivity contribution is -0.305. The quantitative estimate of drug-likeness (QED) is 0.481. The van der Waals surface area contributed by atoms with Gasteiger partial charge in [0.1, 0.15) is 11.9 Å². The van der Waals surface area contributed by atoms with Gasteiger partial charge < -0.3 is 24.2 Å². The van der Waals surface area contributed by atoms with Gasteiger partial charge in [-0.15, -0.1) is 13.2 Å². The van der Waals surface area contributed by atoms with Crippen LogP contribution in [-0.2, 0) is 20.9 Å². The van der Waals surface area contributed by atoms with E-state index in [0.29, 0.717) is 18.7 Å². The monoisotopic (exact) mass is 427 g/mol. The molecule has 1 aliphatic heterocycles. The van der Waals surface area contributed by atoms with Crippen molar-refractivity contribution in [3.63, 3.8) is 0 Å². The second-order valence-corrected chi connectivity index (χ2v) is 6.43. The summed E-state index contributed by atoms with van der Waals surface area (Å²) in [6, 6.07) is 6.68. The number of ether oxygens (including phenoxy) is 3. The van der Waals surface area contributed by atoms with E-state index in [0.717, 1.165) is 11.6 Å². The molecule has 0 spiro atoms. The summed E-state index contributed by atoms with van der Waals surface area (Å²) in [7, 11) is 0. The fourth-order valence-corrected chi connectivity index (χ4v) is 2.82. The highest BCUT2D eigenvalue weighted by molar-refractivity contribution is 5.78. The Hall–Kier alpha value is -2.94. The van der Waals surface area contributed by atoms with Crippen molar-refractivity contribution in [1.82, 2.24) is 4.90 Å². The number of aliphatic hydroxyl groups excluding tert-OH is 1. The van der Waals surface area contributed by atoms with E-state index >= 15 is 0 Å². The first-order valence-electron chi connectivity index (χ1n) is 9.28. The first-order valence-corrected chi connectivity index (χ1v) is 9.28. The second kappa shape index (κ2) is 10.7. The van der Waals surface area contributed by atoms with E-state index in [9.17, 15) is 18.0 Å². The Balaban J connectivity index is 1.90. The molecule has 1 aromatic carbocycles. The van der Waals surface area contributed by atoms with Crippen LogP contribution in [0.25, 0.3) is 0 Å². The molecule has 1 aliphatic rings. The summed E-state index contributed by atoms with van der Waals surface area (Å²) in [5, 5.41) is 9.03. The van der Waals surface area contributed by atoms with Crippen LogP contribution in [0.2, 0.25) is 0 Å². The lowest BCUT2D eigenvalue weighted by Gasteiger charge is -2.20. The third kappa shape index (κ3) is 7.14. The lowest BCUT2D eigenvalue weighted by atomic mass is 10.2. The number of hydrogen-bond acceptors (Lipinski definition) is 5. The number of hydrogen-bond donors (Lipinski definition) is 1. The van der Waals surface area contributed by atoms with Gasteiger partial charge in [0.2, 0.25) is 0 Å². The summed E-state index contributed by atoms with van der Waals surface area (Å²) in [4.78, 5) is 13.9. The third-order valence-corrected chi connectivity index (χ3v) is 4.26. The van der Waals surface area contributed by atoms with Crippen LogP contribution in [-0.4, -0.2) is 48.1 Å². The zero-order valence-corrected chi connectivity index (χ0v) is 16.5. The van der Waals surface area contributed by atoms with Gasteiger partial charge in [-0.05, 0) is 36.8 Å². The van der Waals surface area contributed by atoms with Crippen molar-refractivity contribution in [3.05, 3.63) is 66.2 Å². The summed E-state index contributed by atoms with van der Waals surface area (Å²) >= 11 is 0. The Morgan fingerprint density at radius 2 is 2.00 bits per heavy atom. The van der Waals surface area contributed by atoms with Crippen molar-refractivity contribution in [1.29, 1.82) is 0 Å². The molecule has 30 heavy (non-hydrogen) atoms. The molecule has 1 fully saturated rings. The third-order valence-electron chi connectivity index (χ3n) is 4.26. The van der Waals surface area contributed by atoms with Gasteiger partial charge in [0.25, 0.3) is 5.91 Å². The van der Waals surface area contributed by atoms with E-state index in [1.807, 2.05) is 0 Å². The van der Waals surface area contributed by atoms with Crippen molar-refractivity contribution >= 4 is 5.91 Å². The van der Waals surface area contributed by atoms with E-state index in [-0.39, 0.29) is 31.4 Å². The molecular weight excluding hydrogens is 403 g/mol. The van der Waals surface area contributed by atoms with Crippen molar-refractivity contribution in [2.24, 2.45) is 0 Å². The number of carbonyl (C=O) groups is 1. The number of allylic oxidation sites excluding steroid dienone is 3. The molecule has 1 N–H and O–H groups in total. The number of aliphatic hydroxyl groups is 1. The average molecular weight is 427 g/mol.